The monoisotopic (exact) mass is 413 g/mol. The van der Waals surface area contributed by atoms with Gasteiger partial charge in [-0.2, -0.15) is 0 Å². The van der Waals surface area contributed by atoms with Crippen molar-refractivity contribution in [2.75, 3.05) is 11.1 Å². The average Bonchev–Trinajstić information content (AvgIpc) is 2.89. The Morgan fingerprint density at radius 2 is 1.84 bits per heavy atom. The van der Waals surface area contributed by atoms with E-state index in [9.17, 15) is 4.79 Å². The van der Waals surface area contributed by atoms with E-state index in [1.807, 2.05) is 12.1 Å². The number of hydrogen-bond donors (Lipinski definition) is 2. The van der Waals surface area contributed by atoms with E-state index in [2.05, 4.69) is 24.1 Å². The molecule has 0 radical (unpaired) electrons. The van der Waals surface area contributed by atoms with Crippen molar-refractivity contribution in [1.29, 1.82) is 0 Å². The van der Waals surface area contributed by atoms with Crippen LogP contribution in [-0.2, 0) is 0 Å². The quantitative estimate of drug-likeness (QED) is 0.500. The summed E-state index contributed by atoms with van der Waals surface area (Å²) < 4.78 is 0. The molecule has 0 fully saturated rings. The van der Waals surface area contributed by atoms with Gasteiger partial charge < -0.3 is 11.1 Å². The Bertz CT molecular complexity index is 985. The molecule has 3 rings (SSSR count). The lowest BCUT2D eigenvalue weighted by molar-refractivity contribution is 0.103. The van der Waals surface area contributed by atoms with Crippen LogP contribution >= 0.6 is 46.1 Å². The first-order valence-corrected chi connectivity index (χ1v) is 9.37. The number of pyridine rings is 1. The van der Waals surface area contributed by atoms with Crippen LogP contribution in [-0.4, -0.2) is 10.9 Å². The molecule has 4 nitrogen and oxygen atoms in total. The van der Waals surface area contributed by atoms with E-state index in [1.165, 1.54) is 23.5 Å². The van der Waals surface area contributed by atoms with E-state index in [-0.39, 0.29) is 5.91 Å². The predicted octanol–water partition coefficient (Wildman–Crippen LogP) is 6.21. The van der Waals surface area contributed by atoms with Gasteiger partial charge in [-0.05, 0) is 30.2 Å². The number of rotatable bonds is 3. The number of nitrogen functional groups attached to an aromatic ring is 1. The van der Waals surface area contributed by atoms with Crippen molar-refractivity contribution in [3.05, 3.63) is 49.9 Å². The third-order valence-corrected chi connectivity index (χ3v) is 5.82. The smallest absolute Gasteiger partial charge is 0.267 e. The van der Waals surface area contributed by atoms with Gasteiger partial charge in [0.15, 0.2) is 0 Å². The molecule has 1 amide bonds. The summed E-state index contributed by atoms with van der Waals surface area (Å²) in [5.74, 6) is -0.0769. The molecule has 3 N–H and O–H groups in total. The van der Waals surface area contributed by atoms with E-state index < -0.39 is 0 Å². The van der Waals surface area contributed by atoms with Crippen molar-refractivity contribution in [2.24, 2.45) is 0 Å². The molecule has 0 bridgehead atoms. The Balaban J connectivity index is 1.97. The second kappa shape index (κ2) is 7.00. The van der Waals surface area contributed by atoms with Gasteiger partial charge in [-0.25, -0.2) is 4.98 Å². The fraction of sp³-hybridized carbons (Fsp3) is 0.176. The van der Waals surface area contributed by atoms with Gasteiger partial charge in [0.25, 0.3) is 5.91 Å². The summed E-state index contributed by atoms with van der Waals surface area (Å²) in [5, 5.41) is 4.40. The normalized spacial score (nSPS) is 11.3. The fourth-order valence-corrected chi connectivity index (χ4v) is 3.89. The van der Waals surface area contributed by atoms with Crippen LogP contribution < -0.4 is 11.1 Å². The van der Waals surface area contributed by atoms with E-state index in [4.69, 9.17) is 40.5 Å². The summed E-state index contributed by atoms with van der Waals surface area (Å²) >= 11 is 19.2. The van der Waals surface area contributed by atoms with Crippen molar-refractivity contribution in [1.82, 2.24) is 4.98 Å². The van der Waals surface area contributed by atoms with Gasteiger partial charge in [0.05, 0.1) is 26.4 Å². The molecule has 2 heterocycles. The van der Waals surface area contributed by atoms with Crippen LogP contribution in [0.5, 0.6) is 0 Å². The number of amides is 1. The number of hydrogen-bond acceptors (Lipinski definition) is 4. The summed E-state index contributed by atoms with van der Waals surface area (Å²) in [5.41, 5.74) is 7.86. The molecule has 0 aliphatic heterocycles. The van der Waals surface area contributed by atoms with E-state index in [0.717, 1.165) is 15.9 Å². The van der Waals surface area contributed by atoms with Gasteiger partial charge in [-0.1, -0.05) is 48.7 Å². The van der Waals surface area contributed by atoms with Gasteiger partial charge in [0.1, 0.15) is 9.71 Å². The largest absolute Gasteiger partial charge is 0.397 e. The molecule has 130 valence electrons. The van der Waals surface area contributed by atoms with E-state index >= 15 is 0 Å². The lowest BCUT2D eigenvalue weighted by atomic mass is 10.1. The molecule has 0 atom stereocenters. The first-order valence-electron chi connectivity index (χ1n) is 7.42. The highest BCUT2D eigenvalue weighted by Crippen LogP contribution is 2.36. The molecule has 2 aromatic heterocycles. The molecular formula is C17H14Cl3N3OS. The summed E-state index contributed by atoms with van der Waals surface area (Å²) in [6, 6.07) is 6.80. The minimum absolute atomic E-state index is 0.292. The minimum atomic E-state index is -0.369. The molecule has 0 saturated heterocycles. The number of nitrogens with zero attached hydrogens (tertiary/aromatic N) is 1. The van der Waals surface area contributed by atoms with Crippen LogP contribution in [0.2, 0.25) is 15.1 Å². The molecule has 0 saturated carbocycles. The Morgan fingerprint density at radius 1 is 1.16 bits per heavy atom. The van der Waals surface area contributed by atoms with Crippen molar-refractivity contribution < 1.29 is 4.79 Å². The average molecular weight is 415 g/mol. The molecule has 25 heavy (non-hydrogen) atoms. The van der Waals surface area contributed by atoms with E-state index in [1.54, 1.807) is 0 Å². The van der Waals surface area contributed by atoms with E-state index in [0.29, 0.717) is 37.2 Å². The second-order valence-electron chi connectivity index (χ2n) is 5.79. The number of fused-ring (bicyclic) bond motifs is 1. The number of halogens is 3. The van der Waals surface area contributed by atoms with Crippen LogP contribution in [0.3, 0.4) is 0 Å². The summed E-state index contributed by atoms with van der Waals surface area (Å²) in [7, 11) is 0. The molecule has 0 unspecified atom stereocenters. The highest BCUT2D eigenvalue weighted by Gasteiger charge is 2.19. The summed E-state index contributed by atoms with van der Waals surface area (Å²) in [4.78, 5) is 18.3. The Kier molecular flexibility index (Phi) is 5.11. The van der Waals surface area contributed by atoms with Crippen LogP contribution in [0, 0.1) is 0 Å². The van der Waals surface area contributed by atoms with Gasteiger partial charge in [-0.3, -0.25) is 4.79 Å². The number of carbonyl (C=O) groups is 1. The zero-order chi connectivity index (χ0) is 18.3. The van der Waals surface area contributed by atoms with Crippen molar-refractivity contribution >= 4 is 73.6 Å². The second-order valence-corrected chi connectivity index (χ2v) is 8.01. The van der Waals surface area contributed by atoms with Crippen LogP contribution in [0.25, 0.3) is 10.2 Å². The highest BCUT2D eigenvalue weighted by molar-refractivity contribution is 7.21. The third-order valence-electron chi connectivity index (χ3n) is 3.67. The zero-order valence-electron chi connectivity index (χ0n) is 13.4. The topological polar surface area (TPSA) is 68.0 Å². The molecule has 0 aliphatic carbocycles. The molecular weight excluding hydrogens is 401 g/mol. The number of nitrogens with two attached hydrogens (primary N) is 1. The molecule has 1 aromatic carbocycles. The molecule has 8 heteroatoms. The van der Waals surface area contributed by atoms with Crippen molar-refractivity contribution in [3.63, 3.8) is 0 Å². The summed E-state index contributed by atoms with van der Waals surface area (Å²) in [6.07, 6.45) is 0. The van der Waals surface area contributed by atoms with Crippen LogP contribution in [0.15, 0.2) is 24.3 Å². The maximum absolute atomic E-state index is 12.6. The first-order chi connectivity index (χ1) is 11.8. The summed E-state index contributed by atoms with van der Waals surface area (Å²) in [6.45, 7) is 4.12. The van der Waals surface area contributed by atoms with Gasteiger partial charge in [-0.15, -0.1) is 11.3 Å². The van der Waals surface area contributed by atoms with Crippen LogP contribution in [0.1, 0.15) is 35.1 Å². The first kappa shape index (κ1) is 18.3. The minimum Gasteiger partial charge on any atom is -0.397 e. The Labute approximate surface area is 163 Å². The molecule has 0 spiro atoms. The SMILES string of the molecule is CC(C)c1ccc2c(N)c(C(=O)Nc3cc(Cl)c(Cl)cc3Cl)sc2n1. The lowest BCUT2D eigenvalue weighted by Gasteiger charge is -2.08. The number of carbonyl (C=O) groups excluding carboxylic acids is 1. The maximum atomic E-state index is 12.6. The van der Waals surface area contributed by atoms with Crippen molar-refractivity contribution in [2.45, 2.75) is 19.8 Å². The van der Waals surface area contributed by atoms with Gasteiger partial charge >= 0.3 is 0 Å². The number of anilines is 2. The zero-order valence-corrected chi connectivity index (χ0v) is 16.4. The fourth-order valence-electron chi connectivity index (χ4n) is 2.30. The number of aromatic nitrogens is 1. The third kappa shape index (κ3) is 3.55. The predicted molar refractivity (Wildman–Crippen MR) is 108 cm³/mol. The Hall–Kier alpha value is -1.53. The molecule has 0 aliphatic rings. The number of thiophene rings is 1. The maximum Gasteiger partial charge on any atom is 0.267 e. The van der Waals surface area contributed by atoms with Gasteiger partial charge in [0.2, 0.25) is 0 Å². The van der Waals surface area contributed by atoms with Crippen LogP contribution in [0.4, 0.5) is 11.4 Å². The standard InChI is InChI=1S/C17H14Cl3N3OS/c1-7(2)12-4-3-8-14(21)15(25-17(8)23-12)16(24)22-13-6-10(19)9(18)5-11(13)20/h3-7H,21H2,1-2H3,(H,22,24). The van der Waals surface area contributed by atoms with Crippen molar-refractivity contribution in [3.8, 4) is 0 Å². The Morgan fingerprint density at radius 3 is 2.52 bits per heavy atom. The lowest BCUT2D eigenvalue weighted by Crippen LogP contribution is -2.12. The van der Waals surface area contributed by atoms with Gasteiger partial charge in [0, 0.05) is 11.1 Å². The highest BCUT2D eigenvalue weighted by atomic mass is 35.5. The number of nitrogens with one attached hydrogen (secondary N) is 1. The molecule has 3 aromatic rings. The number of benzene rings is 1.